The fourth-order valence-electron chi connectivity index (χ4n) is 3.17. The highest BCUT2D eigenvalue weighted by atomic mass is 31.2. The zero-order chi connectivity index (χ0) is 24.0. The van der Waals surface area contributed by atoms with E-state index in [0.717, 1.165) is 23.1 Å². The number of anilines is 2. The quantitative estimate of drug-likeness (QED) is 0.304. The number of hydrogen-bond donors (Lipinski definition) is 4. The Hall–Kier alpha value is -3.65. The molecule has 0 fully saturated rings. The molecule has 0 aromatic heterocycles. The Labute approximate surface area is 191 Å². The second kappa shape index (κ2) is 10.3. The second-order valence-corrected chi connectivity index (χ2v) is 8.91. The average molecular weight is 469 g/mol. The zero-order valence-electron chi connectivity index (χ0n) is 17.8. The van der Waals surface area contributed by atoms with Crippen LogP contribution >= 0.6 is 7.60 Å². The van der Waals surface area contributed by atoms with Crippen molar-refractivity contribution in [1.29, 1.82) is 0 Å². The fraction of sp³-hybridized carbons (Fsp3) is 0.130. The molecule has 0 saturated carbocycles. The van der Waals surface area contributed by atoms with E-state index in [-0.39, 0.29) is 12.5 Å². The molecule has 0 aliphatic rings. The molecule has 2 amide bonds. The van der Waals surface area contributed by atoms with Crippen molar-refractivity contribution in [3.05, 3.63) is 83.9 Å². The lowest BCUT2D eigenvalue weighted by Crippen LogP contribution is -2.31. The van der Waals surface area contributed by atoms with Gasteiger partial charge in [0.15, 0.2) is 0 Å². The molecule has 9 nitrogen and oxygen atoms in total. The van der Waals surface area contributed by atoms with Gasteiger partial charge in [-0.1, -0.05) is 48.5 Å². The van der Waals surface area contributed by atoms with Gasteiger partial charge in [0.2, 0.25) is 0 Å². The van der Waals surface area contributed by atoms with Crippen molar-refractivity contribution in [2.24, 2.45) is 0 Å². The van der Waals surface area contributed by atoms with Gasteiger partial charge in [-0.15, -0.1) is 0 Å². The van der Waals surface area contributed by atoms with Gasteiger partial charge >= 0.3 is 13.7 Å². The first-order chi connectivity index (χ1) is 15.7. The predicted molar refractivity (Wildman–Crippen MR) is 126 cm³/mol. The molecule has 0 bridgehead atoms. The zero-order valence-corrected chi connectivity index (χ0v) is 18.7. The Morgan fingerprint density at radius 1 is 1.00 bits per heavy atom. The largest absolute Gasteiger partial charge is 0.453 e. The molecule has 3 aromatic rings. The molecule has 3 aromatic carbocycles. The number of carbonyl (C=O) groups excluding carboxylic acids is 2. The molecule has 0 aliphatic carbocycles. The van der Waals surface area contributed by atoms with Crippen LogP contribution in [0.2, 0.25) is 0 Å². The van der Waals surface area contributed by atoms with Crippen LogP contribution < -0.4 is 11.1 Å². The van der Waals surface area contributed by atoms with Crippen LogP contribution in [0, 0.1) is 0 Å². The SMILES string of the molecule is COC(=O)N(Cc1ccc(C(=O)Nc2cc(-c3ccccc3)ccc2N)cc1)CP(=O)(O)O. The third-order valence-corrected chi connectivity index (χ3v) is 5.50. The van der Waals surface area contributed by atoms with Crippen molar-refractivity contribution in [2.75, 3.05) is 24.4 Å². The average Bonchev–Trinajstić information content (AvgIpc) is 2.79. The summed E-state index contributed by atoms with van der Waals surface area (Å²) in [6, 6.07) is 21.4. The summed E-state index contributed by atoms with van der Waals surface area (Å²) in [5, 5.41) is 2.80. The molecule has 0 radical (unpaired) electrons. The number of methoxy groups -OCH3 is 1. The highest BCUT2D eigenvalue weighted by Gasteiger charge is 2.24. The summed E-state index contributed by atoms with van der Waals surface area (Å²) in [5.74, 6) is -0.376. The van der Waals surface area contributed by atoms with Gasteiger partial charge in [0.05, 0.1) is 18.5 Å². The number of nitrogen functional groups attached to an aromatic ring is 1. The van der Waals surface area contributed by atoms with E-state index in [2.05, 4.69) is 10.1 Å². The van der Waals surface area contributed by atoms with Gasteiger partial charge in [-0.05, 0) is 41.0 Å². The van der Waals surface area contributed by atoms with Crippen LogP contribution in [0.15, 0.2) is 72.8 Å². The van der Waals surface area contributed by atoms with Gasteiger partial charge in [-0.2, -0.15) is 0 Å². The molecule has 0 atom stereocenters. The Kier molecular flexibility index (Phi) is 7.50. The molecule has 0 heterocycles. The Morgan fingerprint density at radius 2 is 1.67 bits per heavy atom. The molecule has 0 aliphatic heterocycles. The van der Waals surface area contributed by atoms with Crippen LogP contribution in [-0.4, -0.2) is 40.1 Å². The Balaban J connectivity index is 1.73. The maximum absolute atomic E-state index is 12.7. The van der Waals surface area contributed by atoms with Gasteiger partial charge < -0.3 is 25.6 Å². The summed E-state index contributed by atoms with van der Waals surface area (Å²) in [4.78, 5) is 43.8. The highest BCUT2D eigenvalue weighted by Crippen LogP contribution is 2.35. The second-order valence-electron chi connectivity index (χ2n) is 7.29. The van der Waals surface area contributed by atoms with E-state index in [9.17, 15) is 23.9 Å². The van der Waals surface area contributed by atoms with E-state index in [0.29, 0.717) is 22.5 Å². The number of benzene rings is 3. The number of carbonyl (C=O) groups is 2. The number of nitrogens with two attached hydrogens (primary N) is 1. The number of rotatable bonds is 7. The maximum atomic E-state index is 12.7. The molecule has 0 saturated heterocycles. The van der Waals surface area contributed by atoms with E-state index in [1.165, 1.54) is 0 Å². The van der Waals surface area contributed by atoms with E-state index < -0.39 is 20.0 Å². The molecule has 10 heteroatoms. The van der Waals surface area contributed by atoms with Crippen molar-refractivity contribution in [1.82, 2.24) is 4.90 Å². The van der Waals surface area contributed by atoms with Gasteiger partial charge in [0.25, 0.3) is 5.91 Å². The molecular weight excluding hydrogens is 445 g/mol. The van der Waals surface area contributed by atoms with E-state index in [1.807, 2.05) is 36.4 Å². The maximum Gasteiger partial charge on any atom is 0.410 e. The van der Waals surface area contributed by atoms with Crippen LogP contribution in [-0.2, 0) is 15.8 Å². The minimum absolute atomic E-state index is 0.0915. The molecule has 172 valence electrons. The number of amides is 2. The summed E-state index contributed by atoms with van der Waals surface area (Å²) in [5.41, 5.74) is 9.75. The first-order valence-electron chi connectivity index (χ1n) is 9.89. The number of hydrogen-bond acceptors (Lipinski definition) is 5. The molecule has 3 rings (SSSR count). The first kappa shape index (κ1) is 24.0. The van der Waals surface area contributed by atoms with Crippen LogP contribution in [0.1, 0.15) is 15.9 Å². The van der Waals surface area contributed by atoms with Crippen molar-refractivity contribution in [2.45, 2.75) is 6.54 Å². The number of nitrogens with zero attached hydrogens (tertiary/aromatic N) is 1. The molecule has 33 heavy (non-hydrogen) atoms. The molecule has 5 N–H and O–H groups in total. The normalized spacial score (nSPS) is 11.0. The van der Waals surface area contributed by atoms with Crippen LogP contribution in [0.5, 0.6) is 0 Å². The summed E-state index contributed by atoms with van der Waals surface area (Å²) >= 11 is 0. The molecular formula is C23H24N3O6P. The monoisotopic (exact) mass is 469 g/mol. The topological polar surface area (TPSA) is 142 Å². The van der Waals surface area contributed by atoms with Gasteiger partial charge in [0.1, 0.15) is 6.29 Å². The van der Waals surface area contributed by atoms with Crippen molar-refractivity contribution >= 4 is 31.0 Å². The van der Waals surface area contributed by atoms with Crippen LogP contribution in [0.4, 0.5) is 16.2 Å². The lowest BCUT2D eigenvalue weighted by Gasteiger charge is -2.21. The Bertz CT molecular complexity index is 1180. The minimum atomic E-state index is -4.47. The number of nitrogens with one attached hydrogen (secondary N) is 1. The van der Waals surface area contributed by atoms with E-state index in [1.54, 1.807) is 36.4 Å². The molecule has 0 spiro atoms. The third-order valence-electron chi connectivity index (χ3n) is 4.79. The fourth-order valence-corrected chi connectivity index (χ4v) is 3.84. The Morgan fingerprint density at radius 3 is 2.27 bits per heavy atom. The van der Waals surface area contributed by atoms with E-state index >= 15 is 0 Å². The lowest BCUT2D eigenvalue weighted by atomic mass is 10.0. The lowest BCUT2D eigenvalue weighted by molar-refractivity contribution is 0.102. The van der Waals surface area contributed by atoms with Gasteiger partial charge in [-0.25, -0.2) is 4.79 Å². The summed E-state index contributed by atoms with van der Waals surface area (Å²) < 4.78 is 15.9. The summed E-state index contributed by atoms with van der Waals surface area (Å²) in [6.45, 7) is -0.0915. The smallest absolute Gasteiger partial charge is 0.410 e. The van der Waals surface area contributed by atoms with Gasteiger partial charge in [-0.3, -0.25) is 14.3 Å². The van der Waals surface area contributed by atoms with Crippen LogP contribution in [0.3, 0.4) is 0 Å². The van der Waals surface area contributed by atoms with Gasteiger partial charge in [0, 0.05) is 12.1 Å². The first-order valence-corrected chi connectivity index (χ1v) is 11.7. The summed E-state index contributed by atoms with van der Waals surface area (Å²) in [6.07, 6.45) is -1.65. The number of ether oxygens (including phenoxy) is 1. The van der Waals surface area contributed by atoms with Crippen LogP contribution in [0.25, 0.3) is 11.1 Å². The van der Waals surface area contributed by atoms with Crippen molar-refractivity contribution < 1.29 is 28.7 Å². The highest BCUT2D eigenvalue weighted by molar-refractivity contribution is 7.51. The standard InChI is InChI=1S/C23H24N3O6P/c1-32-23(28)26(15-33(29,30)31)14-16-7-9-18(10-8-16)22(27)25-21-13-19(11-12-20(21)24)17-5-3-2-4-6-17/h2-13H,14-15,24H2,1H3,(H,25,27)(H2,29,30,31). The molecule has 0 unspecified atom stereocenters. The minimum Gasteiger partial charge on any atom is -0.453 e. The third kappa shape index (κ3) is 6.66. The summed E-state index contributed by atoms with van der Waals surface area (Å²) in [7, 11) is -3.35. The van der Waals surface area contributed by atoms with Crippen molar-refractivity contribution in [3.63, 3.8) is 0 Å². The predicted octanol–water partition coefficient (Wildman–Crippen LogP) is 3.89. The van der Waals surface area contributed by atoms with E-state index in [4.69, 9.17) is 5.73 Å². The van der Waals surface area contributed by atoms with Crippen molar-refractivity contribution in [3.8, 4) is 11.1 Å².